The van der Waals surface area contributed by atoms with Crippen molar-refractivity contribution in [2.45, 2.75) is 38.6 Å². The highest BCUT2D eigenvalue weighted by Crippen LogP contribution is 2.23. The van der Waals surface area contributed by atoms with E-state index in [1.165, 1.54) is 0 Å². The van der Waals surface area contributed by atoms with E-state index in [1.807, 2.05) is 6.92 Å². The molecule has 0 radical (unpaired) electrons. The van der Waals surface area contributed by atoms with Crippen molar-refractivity contribution in [3.05, 3.63) is 44.7 Å². The van der Waals surface area contributed by atoms with Crippen LogP contribution in [-0.4, -0.2) is 24.3 Å². The zero-order valence-corrected chi connectivity index (χ0v) is 14.8. The van der Waals surface area contributed by atoms with Crippen LogP contribution in [0.4, 0.5) is 17.1 Å². The molecule has 0 aliphatic heterocycles. The summed E-state index contributed by atoms with van der Waals surface area (Å²) in [5.74, 6) is 0.279. The lowest BCUT2D eigenvalue weighted by molar-refractivity contribution is -0.129. The number of hydroxylamine groups is 1. The predicted octanol–water partition coefficient (Wildman–Crippen LogP) is 1.90. The number of benzene rings is 1. The molecule has 0 bridgehead atoms. The largest absolute Gasteiger partial charge is 0.497 e. The molecule has 1 atom stereocenters. The third-order valence-electron chi connectivity index (χ3n) is 4.08. The van der Waals surface area contributed by atoms with Crippen molar-refractivity contribution in [3.63, 3.8) is 0 Å². The summed E-state index contributed by atoms with van der Waals surface area (Å²) in [4.78, 5) is 34.6. The first-order chi connectivity index (χ1) is 12.5. The fraction of sp³-hybridized carbons (Fsp3) is 0.389. The van der Waals surface area contributed by atoms with Gasteiger partial charge in [-0.15, -0.1) is 0 Å². The SMILES string of the molecule is COc1ccc(Nc2c(NC(C)CCCCC(=O)NO)c(=O)c2=O)cc1. The van der Waals surface area contributed by atoms with Gasteiger partial charge in [0.1, 0.15) is 17.1 Å². The monoisotopic (exact) mass is 361 g/mol. The second-order valence-corrected chi connectivity index (χ2v) is 6.09. The molecule has 2 aromatic rings. The van der Waals surface area contributed by atoms with Crippen LogP contribution in [0.3, 0.4) is 0 Å². The van der Waals surface area contributed by atoms with Crippen molar-refractivity contribution in [2.24, 2.45) is 0 Å². The van der Waals surface area contributed by atoms with Gasteiger partial charge in [0.2, 0.25) is 5.91 Å². The number of hydrogen-bond acceptors (Lipinski definition) is 7. The number of amides is 1. The lowest BCUT2D eigenvalue weighted by Gasteiger charge is -2.19. The van der Waals surface area contributed by atoms with E-state index < -0.39 is 16.8 Å². The van der Waals surface area contributed by atoms with Gasteiger partial charge in [-0.2, -0.15) is 0 Å². The van der Waals surface area contributed by atoms with Crippen LogP contribution in [0.1, 0.15) is 32.6 Å². The molecule has 2 rings (SSSR count). The lowest BCUT2D eigenvalue weighted by Crippen LogP contribution is -2.38. The number of hydrogen-bond donors (Lipinski definition) is 4. The number of methoxy groups -OCH3 is 1. The van der Waals surface area contributed by atoms with Crippen molar-refractivity contribution >= 4 is 23.0 Å². The molecule has 2 aromatic carbocycles. The maximum absolute atomic E-state index is 11.8. The number of anilines is 3. The van der Waals surface area contributed by atoms with Crippen LogP contribution in [0.5, 0.6) is 5.75 Å². The van der Waals surface area contributed by atoms with Gasteiger partial charge in [0.05, 0.1) is 7.11 Å². The van der Waals surface area contributed by atoms with Crippen LogP contribution in [-0.2, 0) is 4.79 Å². The normalized spacial score (nSPS) is 11.8. The van der Waals surface area contributed by atoms with E-state index in [1.54, 1.807) is 36.9 Å². The van der Waals surface area contributed by atoms with Crippen molar-refractivity contribution in [1.29, 1.82) is 0 Å². The minimum atomic E-state index is -0.546. The highest BCUT2D eigenvalue weighted by molar-refractivity contribution is 5.79. The lowest BCUT2D eigenvalue weighted by atomic mass is 10.1. The maximum Gasteiger partial charge on any atom is 0.253 e. The van der Waals surface area contributed by atoms with Gasteiger partial charge in [-0.3, -0.25) is 19.6 Å². The standard InChI is InChI=1S/C18H23N3O5/c1-11(5-3-4-6-14(22)21-25)19-15-16(18(24)17(15)23)20-12-7-9-13(26-2)10-8-12/h7-11,19-20,25H,3-6H2,1-2H3,(H,21,22). The Kier molecular flexibility index (Phi) is 6.74. The van der Waals surface area contributed by atoms with E-state index in [-0.39, 0.29) is 23.8 Å². The van der Waals surface area contributed by atoms with Gasteiger partial charge in [0.25, 0.3) is 10.9 Å². The molecule has 0 heterocycles. The molecular weight excluding hydrogens is 338 g/mol. The Morgan fingerprint density at radius 3 is 2.38 bits per heavy atom. The van der Waals surface area contributed by atoms with Gasteiger partial charge >= 0.3 is 0 Å². The Morgan fingerprint density at radius 1 is 1.12 bits per heavy atom. The van der Waals surface area contributed by atoms with Gasteiger partial charge in [0, 0.05) is 18.2 Å². The maximum atomic E-state index is 11.8. The summed E-state index contributed by atoms with van der Waals surface area (Å²) < 4.78 is 5.08. The molecular formula is C18H23N3O5. The Hall–Kier alpha value is -2.87. The van der Waals surface area contributed by atoms with Crippen molar-refractivity contribution in [1.82, 2.24) is 5.48 Å². The van der Waals surface area contributed by atoms with E-state index >= 15 is 0 Å². The van der Waals surface area contributed by atoms with Crippen LogP contribution in [0, 0.1) is 0 Å². The summed E-state index contributed by atoms with van der Waals surface area (Å²) in [6, 6.07) is 7.00. The molecule has 140 valence electrons. The van der Waals surface area contributed by atoms with E-state index in [9.17, 15) is 14.4 Å². The molecule has 0 aliphatic carbocycles. The molecule has 0 fully saturated rings. The van der Waals surface area contributed by atoms with Crippen molar-refractivity contribution < 1.29 is 14.7 Å². The van der Waals surface area contributed by atoms with E-state index in [2.05, 4.69) is 10.6 Å². The molecule has 0 aromatic heterocycles. The summed E-state index contributed by atoms with van der Waals surface area (Å²) in [6.07, 6.45) is 2.34. The minimum absolute atomic E-state index is 0.0353. The molecule has 0 spiro atoms. The first-order valence-corrected chi connectivity index (χ1v) is 8.40. The highest BCUT2D eigenvalue weighted by atomic mass is 16.5. The van der Waals surface area contributed by atoms with E-state index in [0.29, 0.717) is 17.9 Å². The summed E-state index contributed by atoms with van der Waals surface area (Å²) >= 11 is 0. The second kappa shape index (κ2) is 9.00. The first-order valence-electron chi connectivity index (χ1n) is 8.40. The molecule has 4 N–H and O–H groups in total. The number of unbranched alkanes of at least 4 members (excludes halogenated alkanes) is 1. The molecule has 0 saturated carbocycles. The van der Waals surface area contributed by atoms with Crippen LogP contribution in [0.25, 0.3) is 0 Å². The van der Waals surface area contributed by atoms with Crippen LogP contribution in [0.15, 0.2) is 33.9 Å². The van der Waals surface area contributed by atoms with Crippen LogP contribution < -0.4 is 31.7 Å². The predicted molar refractivity (Wildman–Crippen MR) is 99.1 cm³/mol. The molecule has 0 saturated heterocycles. The Bertz CT molecular complexity index is 809. The quantitative estimate of drug-likeness (QED) is 0.221. The van der Waals surface area contributed by atoms with Crippen LogP contribution in [0.2, 0.25) is 0 Å². The Balaban J connectivity index is 1.91. The van der Waals surface area contributed by atoms with Crippen molar-refractivity contribution in [3.8, 4) is 5.75 Å². The van der Waals surface area contributed by atoms with Gasteiger partial charge < -0.3 is 15.4 Å². The number of nitrogens with one attached hydrogen (secondary N) is 3. The second-order valence-electron chi connectivity index (χ2n) is 6.09. The molecule has 8 heteroatoms. The number of carbonyl (C=O) groups is 1. The minimum Gasteiger partial charge on any atom is -0.497 e. The average Bonchev–Trinajstić information content (AvgIpc) is 2.67. The topological polar surface area (TPSA) is 117 Å². The third-order valence-corrected chi connectivity index (χ3v) is 4.08. The fourth-order valence-corrected chi connectivity index (χ4v) is 2.58. The molecule has 26 heavy (non-hydrogen) atoms. The summed E-state index contributed by atoms with van der Waals surface area (Å²) in [6.45, 7) is 1.90. The zero-order valence-electron chi connectivity index (χ0n) is 14.8. The van der Waals surface area contributed by atoms with Gasteiger partial charge in [-0.1, -0.05) is 6.42 Å². The number of rotatable bonds is 10. The number of carbonyl (C=O) groups excluding carboxylic acids is 1. The zero-order chi connectivity index (χ0) is 19.1. The van der Waals surface area contributed by atoms with Crippen LogP contribution >= 0.6 is 0 Å². The van der Waals surface area contributed by atoms with Gasteiger partial charge in [-0.25, -0.2) is 5.48 Å². The summed E-state index contributed by atoms with van der Waals surface area (Å²) in [7, 11) is 1.57. The van der Waals surface area contributed by atoms with Gasteiger partial charge in [0.15, 0.2) is 0 Å². The summed E-state index contributed by atoms with van der Waals surface area (Å²) in [5.41, 5.74) is 1.73. The third kappa shape index (κ3) is 4.82. The smallest absolute Gasteiger partial charge is 0.253 e. The van der Waals surface area contributed by atoms with Crippen molar-refractivity contribution in [2.75, 3.05) is 17.7 Å². The summed E-state index contributed by atoms with van der Waals surface area (Å²) in [5, 5.41) is 14.5. The fourth-order valence-electron chi connectivity index (χ4n) is 2.58. The van der Waals surface area contributed by atoms with E-state index in [4.69, 9.17) is 9.94 Å². The average molecular weight is 361 g/mol. The Labute approximate surface area is 150 Å². The molecule has 1 unspecified atom stereocenters. The van der Waals surface area contributed by atoms with E-state index in [0.717, 1.165) is 12.8 Å². The highest BCUT2D eigenvalue weighted by Gasteiger charge is 2.22. The van der Waals surface area contributed by atoms with Gasteiger partial charge in [-0.05, 0) is 44.0 Å². The number of ether oxygens (including phenoxy) is 1. The Morgan fingerprint density at radius 2 is 1.77 bits per heavy atom. The molecule has 0 aliphatic rings. The molecule has 1 amide bonds. The first kappa shape index (κ1) is 19.5. The molecule has 8 nitrogen and oxygen atoms in total.